The van der Waals surface area contributed by atoms with E-state index in [2.05, 4.69) is 4.90 Å². The van der Waals surface area contributed by atoms with Crippen LogP contribution in [0.2, 0.25) is 0 Å². The molecule has 2 saturated heterocycles. The fraction of sp³-hybridized carbons (Fsp3) is 0.875. The molecule has 0 spiro atoms. The number of nitrogens with zero attached hydrogens (tertiary/aromatic N) is 1. The van der Waals surface area contributed by atoms with Crippen molar-refractivity contribution < 1.29 is 14.6 Å². The second-order valence-electron chi connectivity index (χ2n) is 3.45. The number of ether oxygens (including phenoxy) is 1. The predicted octanol–water partition coefficient (Wildman–Crippen LogP) is -0.0658. The quantitative estimate of drug-likeness (QED) is 0.600. The van der Waals surface area contributed by atoms with E-state index < -0.39 is 12.1 Å². The molecule has 2 fully saturated rings. The summed E-state index contributed by atoms with van der Waals surface area (Å²) >= 11 is 0. The van der Waals surface area contributed by atoms with Crippen LogP contribution in [0.25, 0.3) is 0 Å². The van der Waals surface area contributed by atoms with Crippen LogP contribution in [0.4, 0.5) is 0 Å². The van der Waals surface area contributed by atoms with E-state index >= 15 is 0 Å². The van der Waals surface area contributed by atoms with Crippen LogP contribution < -0.4 is 0 Å². The molecule has 2 heterocycles. The SMILES string of the molecule is O=C(O)[C@H]1CN2CCC[C@H]2CO1. The van der Waals surface area contributed by atoms with Gasteiger partial charge in [-0.05, 0) is 19.4 Å². The number of carboxylic acid groups (broad SMARTS) is 1. The van der Waals surface area contributed by atoms with E-state index in [1.165, 1.54) is 6.42 Å². The van der Waals surface area contributed by atoms with Crippen LogP contribution in [-0.4, -0.2) is 47.8 Å². The Labute approximate surface area is 71.1 Å². The summed E-state index contributed by atoms with van der Waals surface area (Å²) in [5, 5.41) is 8.71. The Hall–Kier alpha value is -0.610. The lowest BCUT2D eigenvalue weighted by Crippen LogP contribution is -2.48. The fourth-order valence-electron chi connectivity index (χ4n) is 1.97. The maximum atomic E-state index is 10.6. The van der Waals surface area contributed by atoms with Crippen LogP contribution in [0, 0.1) is 0 Å². The van der Waals surface area contributed by atoms with Crippen molar-refractivity contribution >= 4 is 5.97 Å². The highest BCUT2D eigenvalue weighted by molar-refractivity contribution is 5.72. The van der Waals surface area contributed by atoms with Crippen molar-refractivity contribution in [2.45, 2.75) is 25.0 Å². The van der Waals surface area contributed by atoms with Gasteiger partial charge in [-0.2, -0.15) is 0 Å². The summed E-state index contributed by atoms with van der Waals surface area (Å²) in [6.45, 7) is 2.20. The van der Waals surface area contributed by atoms with E-state index in [9.17, 15) is 4.79 Å². The lowest BCUT2D eigenvalue weighted by atomic mass is 10.2. The van der Waals surface area contributed by atoms with Gasteiger partial charge in [0, 0.05) is 12.6 Å². The Morgan fingerprint density at radius 2 is 2.42 bits per heavy atom. The molecule has 0 aromatic rings. The van der Waals surface area contributed by atoms with Crippen LogP contribution in [0.5, 0.6) is 0 Å². The van der Waals surface area contributed by atoms with Crippen molar-refractivity contribution in [1.29, 1.82) is 0 Å². The molecule has 0 bridgehead atoms. The summed E-state index contributed by atoms with van der Waals surface area (Å²) in [5.74, 6) is -0.833. The van der Waals surface area contributed by atoms with Gasteiger partial charge in [0.05, 0.1) is 6.61 Å². The lowest BCUT2D eigenvalue weighted by Gasteiger charge is -2.32. The summed E-state index contributed by atoms with van der Waals surface area (Å²) < 4.78 is 5.21. The fourth-order valence-corrected chi connectivity index (χ4v) is 1.97. The van der Waals surface area contributed by atoms with Gasteiger partial charge in [0.2, 0.25) is 0 Å². The van der Waals surface area contributed by atoms with Crippen LogP contribution >= 0.6 is 0 Å². The highest BCUT2D eigenvalue weighted by Crippen LogP contribution is 2.22. The largest absolute Gasteiger partial charge is 0.479 e. The first-order valence-electron chi connectivity index (χ1n) is 4.36. The average molecular weight is 171 g/mol. The summed E-state index contributed by atoms with van der Waals surface area (Å²) in [5.41, 5.74) is 0. The molecule has 0 saturated carbocycles. The van der Waals surface area contributed by atoms with Crippen LogP contribution in [-0.2, 0) is 9.53 Å². The minimum Gasteiger partial charge on any atom is -0.479 e. The van der Waals surface area contributed by atoms with Gasteiger partial charge in [0.1, 0.15) is 0 Å². The molecule has 4 nitrogen and oxygen atoms in total. The molecule has 2 rings (SSSR count). The number of hydrogen-bond acceptors (Lipinski definition) is 3. The average Bonchev–Trinajstić information content (AvgIpc) is 2.49. The Balaban J connectivity index is 1.96. The van der Waals surface area contributed by atoms with Gasteiger partial charge in [-0.25, -0.2) is 4.79 Å². The van der Waals surface area contributed by atoms with Gasteiger partial charge >= 0.3 is 5.97 Å². The first-order valence-corrected chi connectivity index (χ1v) is 4.36. The maximum Gasteiger partial charge on any atom is 0.334 e. The summed E-state index contributed by atoms with van der Waals surface area (Å²) in [6.07, 6.45) is 1.74. The molecule has 0 aliphatic carbocycles. The van der Waals surface area contributed by atoms with Crippen LogP contribution in [0.15, 0.2) is 0 Å². The molecular weight excluding hydrogens is 158 g/mol. The van der Waals surface area contributed by atoms with Gasteiger partial charge in [-0.3, -0.25) is 4.90 Å². The third-order valence-corrected chi connectivity index (χ3v) is 2.66. The van der Waals surface area contributed by atoms with E-state index in [1.54, 1.807) is 0 Å². The molecule has 2 aliphatic heterocycles. The molecule has 2 atom stereocenters. The number of fused-ring (bicyclic) bond motifs is 1. The first kappa shape index (κ1) is 8.01. The number of carbonyl (C=O) groups is 1. The molecule has 12 heavy (non-hydrogen) atoms. The Kier molecular flexibility index (Phi) is 2.02. The van der Waals surface area contributed by atoms with Gasteiger partial charge in [0.15, 0.2) is 6.10 Å². The first-order chi connectivity index (χ1) is 5.77. The van der Waals surface area contributed by atoms with Gasteiger partial charge in [0.25, 0.3) is 0 Å². The summed E-state index contributed by atoms with van der Waals surface area (Å²) in [7, 11) is 0. The number of carboxylic acids is 1. The zero-order valence-corrected chi connectivity index (χ0v) is 6.90. The minimum atomic E-state index is -0.833. The van der Waals surface area contributed by atoms with E-state index in [1.807, 2.05) is 0 Å². The molecule has 68 valence electrons. The highest BCUT2D eigenvalue weighted by Gasteiger charge is 2.34. The van der Waals surface area contributed by atoms with Crippen molar-refractivity contribution in [1.82, 2.24) is 4.90 Å². The van der Waals surface area contributed by atoms with Crippen LogP contribution in [0.3, 0.4) is 0 Å². The molecule has 1 N–H and O–H groups in total. The van der Waals surface area contributed by atoms with Gasteiger partial charge < -0.3 is 9.84 Å². The molecule has 0 radical (unpaired) electrons. The van der Waals surface area contributed by atoms with E-state index in [0.717, 1.165) is 13.0 Å². The van der Waals surface area contributed by atoms with Crippen LogP contribution in [0.1, 0.15) is 12.8 Å². The number of hydrogen-bond donors (Lipinski definition) is 1. The number of aliphatic carboxylic acids is 1. The number of rotatable bonds is 1. The molecule has 0 aromatic carbocycles. The Morgan fingerprint density at radius 1 is 1.58 bits per heavy atom. The second-order valence-corrected chi connectivity index (χ2v) is 3.45. The number of morpholine rings is 1. The van der Waals surface area contributed by atoms with Crippen molar-refractivity contribution in [2.75, 3.05) is 19.7 Å². The topological polar surface area (TPSA) is 49.8 Å². The highest BCUT2D eigenvalue weighted by atomic mass is 16.5. The lowest BCUT2D eigenvalue weighted by molar-refractivity contribution is -0.158. The Morgan fingerprint density at radius 3 is 3.17 bits per heavy atom. The second kappa shape index (κ2) is 3.03. The molecular formula is C8H13NO3. The standard InChI is InChI=1S/C8H13NO3/c10-8(11)7-4-9-3-1-2-6(9)5-12-7/h6-7H,1-5H2,(H,10,11)/t6-,7+/m0/s1. The zero-order valence-electron chi connectivity index (χ0n) is 6.90. The summed E-state index contributed by atoms with van der Waals surface area (Å²) in [4.78, 5) is 12.8. The summed E-state index contributed by atoms with van der Waals surface area (Å²) in [6, 6.07) is 0.487. The van der Waals surface area contributed by atoms with Gasteiger partial charge in [-0.15, -0.1) is 0 Å². The third-order valence-electron chi connectivity index (χ3n) is 2.66. The zero-order chi connectivity index (χ0) is 8.55. The normalized spacial score (nSPS) is 36.3. The van der Waals surface area contributed by atoms with Crippen molar-refractivity contribution in [3.8, 4) is 0 Å². The van der Waals surface area contributed by atoms with Crippen molar-refractivity contribution in [2.24, 2.45) is 0 Å². The predicted molar refractivity (Wildman–Crippen MR) is 42.0 cm³/mol. The van der Waals surface area contributed by atoms with Crippen molar-refractivity contribution in [3.05, 3.63) is 0 Å². The van der Waals surface area contributed by atoms with Crippen molar-refractivity contribution in [3.63, 3.8) is 0 Å². The molecule has 0 aromatic heterocycles. The smallest absolute Gasteiger partial charge is 0.334 e. The molecule has 0 amide bonds. The van der Waals surface area contributed by atoms with Gasteiger partial charge in [-0.1, -0.05) is 0 Å². The third kappa shape index (κ3) is 1.32. The minimum absolute atomic E-state index is 0.487. The molecule has 0 unspecified atom stereocenters. The Bertz CT molecular complexity index is 195. The van der Waals surface area contributed by atoms with E-state index in [4.69, 9.17) is 9.84 Å². The van der Waals surface area contributed by atoms with E-state index in [0.29, 0.717) is 19.2 Å². The molecule has 4 heteroatoms. The van der Waals surface area contributed by atoms with E-state index in [-0.39, 0.29) is 0 Å². The molecule has 2 aliphatic rings. The monoisotopic (exact) mass is 171 g/mol. The maximum absolute atomic E-state index is 10.6.